The zero-order chi connectivity index (χ0) is 11.5. The second-order valence-electron chi connectivity index (χ2n) is 4.38. The maximum Gasteiger partial charge on any atom is 0.0746 e. The smallest absolute Gasteiger partial charge is 0.0746 e. The van der Waals surface area contributed by atoms with Crippen molar-refractivity contribution in [2.45, 2.75) is 6.54 Å². The summed E-state index contributed by atoms with van der Waals surface area (Å²) in [5.74, 6) is 2.52. The first-order valence-electron chi connectivity index (χ1n) is 6.06. The lowest BCUT2D eigenvalue weighted by Gasteiger charge is -2.26. The number of rotatable bonds is 2. The Balaban J connectivity index is 1.89. The molecule has 0 atom stereocenters. The van der Waals surface area contributed by atoms with E-state index in [4.69, 9.17) is 0 Å². The van der Waals surface area contributed by atoms with Gasteiger partial charge in [0.25, 0.3) is 0 Å². The highest BCUT2D eigenvalue weighted by Gasteiger charge is 2.12. The summed E-state index contributed by atoms with van der Waals surface area (Å²) in [6, 6.07) is 10.6. The molecule has 1 aromatic carbocycles. The molecule has 2 heterocycles. The molecule has 88 valence electrons. The van der Waals surface area contributed by atoms with Crippen LogP contribution in [0.3, 0.4) is 0 Å². The van der Waals surface area contributed by atoms with Crippen molar-refractivity contribution in [2.75, 3.05) is 24.6 Å². The van der Waals surface area contributed by atoms with E-state index in [1.807, 2.05) is 12.3 Å². The van der Waals surface area contributed by atoms with Gasteiger partial charge in [-0.2, -0.15) is 11.8 Å². The summed E-state index contributed by atoms with van der Waals surface area (Å²) in [6.45, 7) is 3.44. The van der Waals surface area contributed by atoms with E-state index >= 15 is 0 Å². The zero-order valence-electron chi connectivity index (χ0n) is 9.80. The van der Waals surface area contributed by atoms with Crippen molar-refractivity contribution >= 4 is 22.7 Å². The number of thioether (sulfide) groups is 1. The summed E-state index contributed by atoms with van der Waals surface area (Å²) in [5.41, 5.74) is 2.52. The van der Waals surface area contributed by atoms with E-state index in [0.717, 1.165) is 12.1 Å². The van der Waals surface area contributed by atoms with Crippen molar-refractivity contribution < 1.29 is 0 Å². The lowest BCUT2D eigenvalue weighted by atomic mass is 10.1. The molecule has 0 bridgehead atoms. The SMILES string of the molecule is c1cnc2c(CN3CCSCC3)cccc2c1. The molecule has 0 radical (unpaired) electrons. The van der Waals surface area contributed by atoms with Gasteiger partial charge in [-0.3, -0.25) is 9.88 Å². The fourth-order valence-corrected chi connectivity index (χ4v) is 3.27. The minimum atomic E-state index is 1.04. The number of para-hydroxylation sites is 1. The largest absolute Gasteiger partial charge is 0.297 e. The van der Waals surface area contributed by atoms with Crippen LogP contribution in [0.5, 0.6) is 0 Å². The van der Waals surface area contributed by atoms with E-state index in [1.165, 1.54) is 35.5 Å². The van der Waals surface area contributed by atoms with E-state index in [2.05, 4.69) is 45.9 Å². The minimum Gasteiger partial charge on any atom is -0.297 e. The number of fused-ring (bicyclic) bond motifs is 1. The second kappa shape index (κ2) is 5.07. The van der Waals surface area contributed by atoms with Gasteiger partial charge < -0.3 is 0 Å². The Morgan fingerprint density at radius 2 is 1.94 bits per heavy atom. The van der Waals surface area contributed by atoms with Crippen LogP contribution in [-0.4, -0.2) is 34.5 Å². The molecule has 0 amide bonds. The second-order valence-corrected chi connectivity index (χ2v) is 5.61. The Morgan fingerprint density at radius 3 is 2.82 bits per heavy atom. The van der Waals surface area contributed by atoms with Gasteiger partial charge in [0.2, 0.25) is 0 Å². The Morgan fingerprint density at radius 1 is 1.12 bits per heavy atom. The molecular weight excluding hydrogens is 228 g/mol. The molecule has 3 heteroatoms. The highest BCUT2D eigenvalue weighted by molar-refractivity contribution is 7.99. The molecule has 1 saturated heterocycles. The Hall–Kier alpha value is -1.06. The number of hydrogen-bond donors (Lipinski definition) is 0. The molecule has 0 N–H and O–H groups in total. The topological polar surface area (TPSA) is 16.1 Å². The highest BCUT2D eigenvalue weighted by Crippen LogP contribution is 2.19. The first-order valence-corrected chi connectivity index (χ1v) is 7.22. The van der Waals surface area contributed by atoms with Gasteiger partial charge in [0.05, 0.1) is 5.52 Å². The predicted molar refractivity (Wildman–Crippen MR) is 74.3 cm³/mol. The van der Waals surface area contributed by atoms with Gasteiger partial charge in [-0.1, -0.05) is 24.3 Å². The summed E-state index contributed by atoms with van der Waals surface area (Å²) < 4.78 is 0. The summed E-state index contributed by atoms with van der Waals surface area (Å²) in [4.78, 5) is 7.04. The van der Waals surface area contributed by atoms with Crippen LogP contribution in [0, 0.1) is 0 Å². The summed E-state index contributed by atoms with van der Waals surface area (Å²) in [6.07, 6.45) is 1.89. The molecule has 3 rings (SSSR count). The highest BCUT2D eigenvalue weighted by atomic mass is 32.2. The van der Waals surface area contributed by atoms with Gasteiger partial charge in [-0.15, -0.1) is 0 Å². The molecular formula is C14H16N2S. The van der Waals surface area contributed by atoms with Crippen LogP contribution >= 0.6 is 11.8 Å². The number of pyridine rings is 1. The minimum absolute atomic E-state index is 1.04. The fraction of sp³-hybridized carbons (Fsp3) is 0.357. The lowest BCUT2D eigenvalue weighted by molar-refractivity contribution is 0.295. The Labute approximate surface area is 106 Å². The molecule has 2 nitrogen and oxygen atoms in total. The van der Waals surface area contributed by atoms with Crippen LogP contribution in [0.15, 0.2) is 36.5 Å². The summed E-state index contributed by atoms with van der Waals surface area (Å²) in [5, 5.41) is 1.25. The molecule has 0 unspecified atom stereocenters. The van der Waals surface area contributed by atoms with Crippen LogP contribution in [0.1, 0.15) is 5.56 Å². The first-order chi connectivity index (χ1) is 8.43. The van der Waals surface area contributed by atoms with Crippen molar-refractivity contribution in [3.05, 3.63) is 42.1 Å². The standard InChI is InChI=1S/C14H16N2S/c1-3-12-5-2-6-15-14(12)13(4-1)11-16-7-9-17-10-8-16/h1-6H,7-11H2. The third-order valence-electron chi connectivity index (χ3n) is 3.21. The number of nitrogens with zero attached hydrogens (tertiary/aromatic N) is 2. The quantitative estimate of drug-likeness (QED) is 0.808. The van der Waals surface area contributed by atoms with Crippen LogP contribution in [-0.2, 0) is 6.54 Å². The van der Waals surface area contributed by atoms with Crippen molar-refractivity contribution in [3.63, 3.8) is 0 Å². The Bertz CT molecular complexity index is 501. The maximum atomic E-state index is 4.51. The number of hydrogen-bond acceptors (Lipinski definition) is 3. The zero-order valence-corrected chi connectivity index (χ0v) is 10.6. The number of aromatic nitrogens is 1. The number of benzene rings is 1. The van der Waals surface area contributed by atoms with Crippen LogP contribution in [0.25, 0.3) is 10.9 Å². The summed E-state index contributed by atoms with van der Waals surface area (Å²) >= 11 is 2.06. The molecule has 1 aromatic heterocycles. The monoisotopic (exact) mass is 244 g/mol. The molecule has 2 aromatic rings. The van der Waals surface area contributed by atoms with Crippen LogP contribution < -0.4 is 0 Å². The predicted octanol–water partition coefficient (Wildman–Crippen LogP) is 2.78. The molecule has 0 spiro atoms. The maximum absolute atomic E-state index is 4.51. The fourth-order valence-electron chi connectivity index (χ4n) is 2.30. The van der Waals surface area contributed by atoms with Gasteiger partial charge in [0.15, 0.2) is 0 Å². The summed E-state index contributed by atoms with van der Waals surface area (Å²) in [7, 11) is 0. The van der Waals surface area contributed by atoms with Gasteiger partial charge in [-0.05, 0) is 11.6 Å². The van der Waals surface area contributed by atoms with E-state index in [0.29, 0.717) is 0 Å². The Kier molecular flexibility index (Phi) is 3.29. The molecule has 1 aliphatic rings. The third kappa shape index (κ3) is 2.45. The average Bonchev–Trinajstić information content (AvgIpc) is 2.40. The van der Waals surface area contributed by atoms with E-state index in [-0.39, 0.29) is 0 Å². The molecule has 1 aliphatic heterocycles. The molecule has 0 saturated carbocycles. The first kappa shape index (κ1) is 11.1. The van der Waals surface area contributed by atoms with Gasteiger partial charge >= 0.3 is 0 Å². The van der Waals surface area contributed by atoms with Crippen molar-refractivity contribution in [1.29, 1.82) is 0 Å². The van der Waals surface area contributed by atoms with Crippen LogP contribution in [0.2, 0.25) is 0 Å². The van der Waals surface area contributed by atoms with Crippen molar-refractivity contribution in [2.24, 2.45) is 0 Å². The lowest BCUT2D eigenvalue weighted by Crippen LogP contribution is -2.32. The van der Waals surface area contributed by atoms with E-state index in [1.54, 1.807) is 0 Å². The molecule has 0 aliphatic carbocycles. The van der Waals surface area contributed by atoms with Gasteiger partial charge in [0.1, 0.15) is 0 Å². The van der Waals surface area contributed by atoms with E-state index in [9.17, 15) is 0 Å². The van der Waals surface area contributed by atoms with Crippen molar-refractivity contribution in [3.8, 4) is 0 Å². The van der Waals surface area contributed by atoms with E-state index < -0.39 is 0 Å². The van der Waals surface area contributed by atoms with Gasteiger partial charge in [0, 0.05) is 42.7 Å². The third-order valence-corrected chi connectivity index (χ3v) is 4.16. The molecule has 1 fully saturated rings. The normalized spacial score (nSPS) is 17.4. The molecule has 17 heavy (non-hydrogen) atoms. The van der Waals surface area contributed by atoms with Gasteiger partial charge in [-0.25, -0.2) is 0 Å². The van der Waals surface area contributed by atoms with Crippen LogP contribution in [0.4, 0.5) is 0 Å². The van der Waals surface area contributed by atoms with Crippen molar-refractivity contribution in [1.82, 2.24) is 9.88 Å². The average molecular weight is 244 g/mol.